The van der Waals surface area contributed by atoms with Gasteiger partial charge in [-0.05, 0) is 37.0 Å². The van der Waals surface area contributed by atoms with Crippen LogP contribution in [-0.2, 0) is 6.42 Å². The number of rotatable bonds is 3. The summed E-state index contributed by atoms with van der Waals surface area (Å²) >= 11 is 0. The van der Waals surface area contributed by atoms with E-state index in [9.17, 15) is 0 Å². The average molecular weight is 204 g/mol. The van der Waals surface area contributed by atoms with Gasteiger partial charge in [-0.3, -0.25) is 0 Å². The fraction of sp³-hybridized carbons (Fsp3) is 0.538. The summed E-state index contributed by atoms with van der Waals surface area (Å²) in [5.74, 6) is 0. The smallest absolute Gasteiger partial charge is 0.0402 e. The van der Waals surface area contributed by atoms with Gasteiger partial charge in [0.05, 0.1) is 0 Å². The highest BCUT2D eigenvalue weighted by atomic mass is 15.1. The Hall–Kier alpha value is -1.02. The van der Waals surface area contributed by atoms with Crippen LogP contribution in [0.1, 0.15) is 37.4 Å². The van der Waals surface area contributed by atoms with Crippen molar-refractivity contribution in [3.05, 3.63) is 29.3 Å². The number of benzene rings is 1. The number of hydrogen-bond donors (Lipinski definition) is 1. The second-order valence-corrected chi connectivity index (χ2v) is 4.41. The zero-order chi connectivity index (χ0) is 10.8. The molecule has 15 heavy (non-hydrogen) atoms. The van der Waals surface area contributed by atoms with Gasteiger partial charge in [0, 0.05) is 24.8 Å². The zero-order valence-corrected chi connectivity index (χ0v) is 9.66. The first-order chi connectivity index (χ1) is 7.22. The molecule has 2 heteroatoms. The summed E-state index contributed by atoms with van der Waals surface area (Å²) in [5, 5.41) is 0. The van der Waals surface area contributed by atoms with Crippen LogP contribution in [0.25, 0.3) is 0 Å². The highest BCUT2D eigenvalue weighted by Crippen LogP contribution is 2.30. The maximum Gasteiger partial charge on any atom is 0.0402 e. The number of nitrogens with two attached hydrogens (primary N) is 1. The molecule has 0 spiro atoms. The molecule has 1 atom stereocenters. The maximum absolute atomic E-state index is 5.91. The Labute approximate surface area is 92.1 Å². The monoisotopic (exact) mass is 204 g/mol. The van der Waals surface area contributed by atoms with Crippen molar-refractivity contribution >= 4 is 5.69 Å². The summed E-state index contributed by atoms with van der Waals surface area (Å²) in [4.78, 5) is 2.47. The van der Waals surface area contributed by atoms with E-state index in [-0.39, 0.29) is 6.04 Å². The van der Waals surface area contributed by atoms with Gasteiger partial charge < -0.3 is 10.6 Å². The Bertz CT molecular complexity index is 342. The molecule has 2 nitrogen and oxygen atoms in total. The van der Waals surface area contributed by atoms with E-state index in [0.717, 1.165) is 6.54 Å². The Morgan fingerprint density at radius 2 is 2.27 bits per heavy atom. The second-order valence-electron chi connectivity index (χ2n) is 4.41. The van der Waals surface area contributed by atoms with Gasteiger partial charge in [-0.15, -0.1) is 0 Å². The minimum Gasteiger partial charge on any atom is -0.371 e. The molecule has 0 bridgehead atoms. The van der Waals surface area contributed by atoms with Crippen LogP contribution in [0.3, 0.4) is 0 Å². The molecule has 0 radical (unpaired) electrons. The van der Waals surface area contributed by atoms with Crippen molar-refractivity contribution in [3.8, 4) is 0 Å². The van der Waals surface area contributed by atoms with E-state index < -0.39 is 0 Å². The van der Waals surface area contributed by atoms with E-state index in [1.54, 1.807) is 0 Å². The lowest BCUT2D eigenvalue weighted by Crippen LogP contribution is -2.21. The summed E-state index contributed by atoms with van der Waals surface area (Å²) in [6.07, 6.45) is 2.40. The molecular formula is C13H20N2. The molecule has 82 valence electrons. The van der Waals surface area contributed by atoms with Crippen molar-refractivity contribution in [2.24, 2.45) is 5.73 Å². The molecule has 1 aliphatic rings. The standard InChI is InChI=1S/C13H20N2/c1-3-7-15-8-6-11-4-5-12(10(2)14)9-13(11)15/h4-5,9-10H,3,6-8,14H2,1-2H3. The number of anilines is 1. The fourth-order valence-corrected chi connectivity index (χ4v) is 2.25. The van der Waals surface area contributed by atoms with E-state index in [1.807, 2.05) is 6.92 Å². The largest absolute Gasteiger partial charge is 0.371 e. The third kappa shape index (κ3) is 2.00. The molecule has 1 aliphatic heterocycles. The lowest BCUT2D eigenvalue weighted by Gasteiger charge is -2.19. The molecule has 0 amide bonds. The van der Waals surface area contributed by atoms with Crippen molar-refractivity contribution in [2.75, 3.05) is 18.0 Å². The van der Waals surface area contributed by atoms with Gasteiger partial charge in [0.1, 0.15) is 0 Å². The lowest BCUT2D eigenvalue weighted by molar-refractivity contribution is 0.792. The topological polar surface area (TPSA) is 29.3 Å². The normalized spacial score (nSPS) is 16.6. The Morgan fingerprint density at radius 1 is 1.47 bits per heavy atom. The van der Waals surface area contributed by atoms with Crippen molar-refractivity contribution < 1.29 is 0 Å². The van der Waals surface area contributed by atoms with Crippen LogP contribution in [0.15, 0.2) is 18.2 Å². The van der Waals surface area contributed by atoms with E-state index in [4.69, 9.17) is 5.73 Å². The van der Waals surface area contributed by atoms with Gasteiger partial charge in [-0.2, -0.15) is 0 Å². The summed E-state index contributed by atoms with van der Waals surface area (Å²) < 4.78 is 0. The van der Waals surface area contributed by atoms with E-state index in [0.29, 0.717) is 0 Å². The van der Waals surface area contributed by atoms with Crippen molar-refractivity contribution in [3.63, 3.8) is 0 Å². The Kier molecular flexibility index (Phi) is 2.96. The molecule has 1 heterocycles. The SMILES string of the molecule is CCCN1CCc2ccc(C(C)N)cc21. The first-order valence-corrected chi connectivity index (χ1v) is 5.85. The van der Waals surface area contributed by atoms with Gasteiger partial charge >= 0.3 is 0 Å². The highest BCUT2D eigenvalue weighted by molar-refractivity contribution is 5.59. The minimum absolute atomic E-state index is 0.138. The van der Waals surface area contributed by atoms with Gasteiger partial charge in [0.25, 0.3) is 0 Å². The molecule has 1 aromatic rings. The molecule has 0 fully saturated rings. The quantitative estimate of drug-likeness (QED) is 0.819. The average Bonchev–Trinajstić information content (AvgIpc) is 2.61. The Morgan fingerprint density at radius 3 is 2.93 bits per heavy atom. The Balaban J connectivity index is 2.29. The van der Waals surface area contributed by atoms with Crippen LogP contribution in [-0.4, -0.2) is 13.1 Å². The van der Waals surface area contributed by atoms with Crippen LogP contribution in [0.4, 0.5) is 5.69 Å². The number of nitrogens with zero attached hydrogens (tertiary/aromatic N) is 1. The second kappa shape index (κ2) is 4.23. The third-order valence-electron chi connectivity index (χ3n) is 3.12. The first-order valence-electron chi connectivity index (χ1n) is 5.85. The maximum atomic E-state index is 5.91. The van der Waals surface area contributed by atoms with Crippen molar-refractivity contribution in [2.45, 2.75) is 32.7 Å². The summed E-state index contributed by atoms with van der Waals surface area (Å²) in [6, 6.07) is 6.81. The number of hydrogen-bond acceptors (Lipinski definition) is 2. The van der Waals surface area contributed by atoms with Crippen molar-refractivity contribution in [1.29, 1.82) is 0 Å². The van der Waals surface area contributed by atoms with Crippen LogP contribution in [0, 0.1) is 0 Å². The molecule has 2 N–H and O–H groups in total. The van der Waals surface area contributed by atoms with Gasteiger partial charge in [-0.25, -0.2) is 0 Å². The predicted molar refractivity (Wildman–Crippen MR) is 65.3 cm³/mol. The molecule has 0 aliphatic carbocycles. The van der Waals surface area contributed by atoms with Crippen LogP contribution < -0.4 is 10.6 Å². The summed E-state index contributed by atoms with van der Waals surface area (Å²) in [5.41, 5.74) is 10.0. The van der Waals surface area contributed by atoms with Gasteiger partial charge in [0.15, 0.2) is 0 Å². The zero-order valence-electron chi connectivity index (χ0n) is 9.66. The molecule has 1 aromatic carbocycles. The molecule has 0 aromatic heterocycles. The third-order valence-corrected chi connectivity index (χ3v) is 3.12. The van der Waals surface area contributed by atoms with Crippen molar-refractivity contribution in [1.82, 2.24) is 0 Å². The molecular weight excluding hydrogens is 184 g/mol. The van der Waals surface area contributed by atoms with Crippen LogP contribution in [0.5, 0.6) is 0 Å². The molecule has 1 unspecified atom stereocenters. The van der Waals surface area contributed by atoms with E-state index in [2.05, 4.69) is 30.0 Å². The summed E-state index contributed by atoms with van der Waals surface area (Å²) in [7, 11) is 0. The predicted octanol–water partition coefficient (Wildman–Crippen LogP) is 2.48. The summed E-state index contributed by atoms with van der Waals surface area (Å²) in [6.45, 7) is 6.61. The van der Waals surface area contributed by atoms with Gasteiger partial charge in [0.2, 0.25) is 0 Å². The molecule has 2 rings (SSSR count). The molecule has 0 saturated heterocycles. The molecule has 0 saturated carbocycles. The highest BCUT2D eigenvalue weighted by Gasteiger charge is 2.18. The van der Waals surface area contributed by atoms with E-state index in [1.165, 1.54) is 36.2 Å². The first kappa shape index (κ1) is 10.5. The van der Waals surface area contributed by atoms with Gasteiger partial charge in [-0.1, -0.05) is 19.1 Å². The fourth-order valence-electron chi connectivity index (χ4n) is 2.25. The van der Waals surface area contributed by atoms with Crippen LogP contribution in [0.2, 0.25) is 0 Å². The lowest BCUT2D eigenvalue weighted by atomic mass is 10.0. The number of fused-ring (bicyclic) bond motifs is 1. The minimum atomic E-state index is 0.138. The van der Waals surface area contributed by atoms with Crippen LogP contribution >= 0.6 is 0 Å². The van der Waals surface area contributed by atoms with E-state index >= 15 is 0 Å².